The van der Waals surface area contributed by atoms with E-state index < -0.39 is 47.1 Å². The summed E-state index contributed by atoms with van der Waals surface area (Å²) < 4.78 is 10.6. The van der Waals surface area contributed by atoms with Gasteiger partial charge in [0.1, 0.15) is 5.54 Å². The molecule has 11 heteroatoms. The summed E-state index contributed by atoms with van der Waals surface area (Å²) in [5.41, 5.74) is 1.05. The molecule has 200 valence electrons. The molecule has 0 unspecified atom stereocenters. The first kappa shape index (κ1) is 26.0. The van der Waals surface area contributed by atoms with Crippen molar-refractivity contribution in [3.8, 4) is 11.5 Å². The highest BCUT2D eigenvalue weighted by molar-refractivity contribution is 6.32. The number of carboxylic acid groups (broad SMARTS) is 1. The van der Waals surface area contributed by atoms with Gasteiger partial charge in [0.25, 0.3) is 0 Å². The number of anilines is 1. The highest BCUT2D eigenvalue weighted by Gasteiger charge is 2.70. The molecule has 3 aliphatic heterocycles. The lowest BCUT2D eigenvalue weighted by Crippen LogP contribution is -2.53. The van der Waals surface area contributed by atoms with Crippen molar-refractivity contribution >= 4 is 41.0 Å². The number of hydrogen-bond acceptors (Lipinski definition) is 7. The van der Waals surface area contributed by atoms with E-state index in [4.69, 9.17) is 21.1 Å². The van der Waals surface area contributed by atoms with Crippen molar-refractivity contribution in [1.29, 1.82) is 0 Å². The smallest absolute Gasteiger partial charge is 0.303 e. The van der Waals surface area contributed by atoms with Crippen molar-refractivity contribution in [2.75, 3.05) is 26.1 Å². The molecule has 3 aliphatic rings. The van der Waals surface area contributed by atoms with Crippen LogP contribution in [0.1, 0.15) is 29.5 Å². The van der Waals surface area contributed by atoms with E-state index in [-0.39, 0.29) is 19.4 Å². The van der Waals surface area contributed by atoms with Gasteiger partial charge < -0.3 is 19.9 Å². The van der Waals surface area contributed by atoms with Crippen molar-refractivity contribution in [3.63, 3.8) is 0 Å². The van der Waals surface area contributed by atoms with Gasteiger partial charge >= 0.3 is 5.97 Å². The van der Waals surface area contributed by atoms with Gasteiger partial charge in [-0.25, -0.2) is 0 Å². The largest absolute Gasteiger partial charge is 0.493 e. The molecule has 5 rings (SSSR count). The molecule has 2 fully saturated rings. The molecule has 0 bridgehead atoms. The average molecular weight is 542 g/mol. The van der Waals surface area contributed by atoms with Crippen LogP contribution >= 0.6 is 11.6 Å². The number of likely N-dealkylation sites (tertiary alicyclic amines) is 1. The molecule has 0 saturated carbocycles. The van der Waals surface area contributed by atoms with E-state index in [1.54, 1.807) is 31.2 Å². The second-order valence-electron chi connectivity index (χ2n) is 9.81. The number of ether oxygens (including phenoxy) is 2. The Hall–Kier alpha value is -3.63. The maximum atomic E-state index is 13.9. The molecular weight excluding hydrogens is 514 g/mol. The lowest BCUT2D eigenvalue weighted by molar-refractivity contribution is -0.143. The van der Waals surface area contributed by atoms with Gasteiger partial charge in [-0.2, -0.15) is 0 Å². The lowest BCUT2D eigenvalue weighted by Gasteiger charge is -2.29. The molecular formula is C27H28ClN3O7. The third-order valence-corrected chi connectivity index (χ3v) is 8.33. The van der Waals surface area contributed by atoms with E-state index in [0.29, 0.717) is 39.8 Å². The summed E-state index contributed by atoms with van der Waals surface area (Å²) >= 11 is 6.29. The zero-order valence-corrected chi connectivity index (χ0v) is 21.9. The summed E-state index contributed by atoms with van der Waals surface area (Å²) in [6.45, 7) is 1.88. The van der Waals surface area contributed by atoms with Crippen LogP contribution < -0.4 is 20.1 Å². The second-order valence-corrected chi connectivity index (χ2v) is 10.2. The SMILES string of the molecule is COc1ccc(CCN2C(=O)[C@@H]3[C@H](CCC(=O)O)N[C@]4(C(=O)Nc5c4ccc(Cl)c5C)[C@@H]3C2=O)cc1OC. The summed E-state index contributed by atoms with van der Waals surface area (Å²) in [6.07, 6.45) is 0.253. The van der Waals surface area contributed by atoms with Crippen molar-refractivity contribution in [2.24, 2.45) is 11.8 Å². The van der Waals surface area contributed by atoms with Gasteiger partial charge in [0, 0.05) is 29.6 Å². The van der Waals surface area contributed by atoms with Crippen LogP contribution in [0.25, 0.3) is 0 Å². The minimum absolute atomic E-state index is 0.0932. The average Bonchev–Trinajstić information content (AvgIpc) is 3.48. The van der Waals surface area contributed by atoms with Crippen LogP contribution in [-0.2, 0) is 31.1 Å². The first-order valence-electron chi connectivity index (χ1n) is 12.3. The van der Waals surface area contributed by atoms with Crippen LogP contribution in [0.2, 0.25) is 5.02 Å². The maximum absolute atomic E-state index is 13.9. The van der Waals surface area contributed by atoms with E-state index in [0.717, 1.165) is 5.56 Å². The van der Waals surface area contributed by atoms with E-state index in [1.165, 1.54) is 19.1 Å². The lowest BCUT2D eigenvalue weighted by atomic mass is 9.76. The summed E-state index contributed by atoms with van der Waals surface area (Å²) in [7, 11) is 3.06. The number of benzene rings is 2. The maximum Gasteiger partial charge on any atom is 0.303 e. The normalized spacial score (nSPS) is 25.5. The number of hydrogen-bond donors (Lipinski definition) is 3. The fourth-order valence-electron chi connectivity index (χ4n) is 6.07. The van der Waals surface area contributed by atoms with Crippen molar-refractivity contribution in [1.82, 2.24) is 10.2 Å². The summed E-state index contributed by atoms with van der Waals surface area (Å²) in [4.78, 5) is 53.7. The first-order chi connectivity index (χ1) is 18.1. The minimum Gasteiger partial charge on any atom is -0.493 e. The number of methoxy groups -OCH3 is 2. The highest BCUT2D eigenvalue weighted by Crippen LogP contribution is 2.54. The van der Waals surface area contributed by atoms with Gasteiger partial charge in [-0.15, -0.1) is 0 Å². The third-order valence-electron chi connectivity index (χ3n) is 7.92. The molecule has 0 radical (unpaired) electrons. The summed E-state index contributed by atoms with van der Waals surface area (Å²) in [5, 5.41) is 15.9. The van der Waals surface area contributed by atoms with E-state index in [9.17, 15) is 24.3 Å². The molecule has 3 heterocycles. The molecule has 1 spiro atoms. The predicted molar refractivity (Wildman–Crippen MR) is 137 cm³/mol. The number of imide groups is 1. The zero-order valence-electron chi connectivity index (χ0n) is 21.2. The Labute approximate surface area is 224 Å². The first-order valence-corrected chi connectivity index (χ1v) is 12.7. The summed E-state index contributed by atoms with van der Waals surface area (Å²) in [6, 6.07) is 8.05. The fraction of sp³-hybridized carbons (Fsp3) is 0.407. The molecule has 4 atom stereocenters. The van der Waals surface area contributed by atoms with Crippen LogP contribution in [0.4, 0.5) is 5.69 Å². The van der Waals surface area contributed by atoms with Crippen molar-refractivity contribution in [3.05, 3.63) is 52.0 Å². The van der Waals surface area contributed by atoms with Crippen LogP contribution in [0.15, 0.2) is 30.3 Å². The van der Waals surface area contributed by atoms with E-state index in [1.807, 2.05) is 6.07 Å². The number of rotatable bonds is 8. The Morgan fingerprint density at radius 1 is 1.11 bits per heavy atom. The standard InChI is InChI=1S/C27H28ClN3O7/c1-13-16(28)6-5-15-23(13)29-26(36)27(15)22-21(17(30-27)7-9-20(32)33)24(34)31(25(22)35)11-10-14-4-8-18(37-2)19(12-14)38-3/h4-6,8,12,17,21-22,30H,7,9-11H2,1-3H3,(H,29,36)(H,32,33)/t17-,21+,22-,27-/m0/s1. The van der Waals surface area contributed by atoms with Gasteiger partial charge in [0.15, 0.2) is 11.5 Å². The van der Waals surface area contributed by atoms with E-state index in [2.05, 4.69) is 10.6 Å². The van der Waals surface area contributed by atoms with Crippen LogP contribution in [0.3, 0.4) is 0 Å². The molecule has 2 aromatic carbocycles. The van der Waals surface area contributed by atoms with Gasteiger partial charge in [-0.3, -0.25) is 29.4 Å². The number of carboxylic acids is 1. The van der Waals surface area contributed by atoms with E-state index >= 15 is 0 Å². The van der Waals surface area contributed by atoms with Gasteiger partial charge in [0.2, 0.25) is 17.7 Å². The van der Waals surface area contributed by atoms with Gasteiger partial charge in [0.05, 0.1) is 31.7 Å². The Bertz CT molecular complexity index is 1360. The van der Waals surface area contributed by atoms with Crippen molar-refractivity contribution < 1.29 is 33.8 Å². The molecule has 38 heavy (non-hydrogen) atoms. The molecule has 0 aliphatic carbocycles. The molecule has 3 amide bonds. The Morgan fingerprint density at radius 2 is 1.84 bits per heavy atom. The van der Waals surface area contributed by atoms with Crippen molar-refractivity contribution in [2.45, 2.75) is 37.8 Å². The monoisotopic (exact) mass is 541 g/mol. The fourth-order valence-corrected chi connectivity index (χ4v) is 6.23. The number of amides is 3. The van der Waals surface area contributed by atoms with Crippen LogP contribution in [0, 0.1) is 18.8 Å². The quantitative estimate of drug-likeness (QED) is 0.434. The minimum atomic E-state index is -1.50. The number of halogens is 1. The van der Waals surface area contributed by atoms with Gasteiger partial charge in [-0.05, 0) is 49.1 Å². The Morgan fingerprint density at radius 3 is 2.53 bits per heavy atom. The highest BCUT2D eigenvalue weighted by atomic mass is 35.5. The number of carbonyl (C=O) groups excluding carboxylic acids is 3. The Kier molecular flexibility index (Phi) is 6.56. The molecule has 2 saturated heterocycles. The second kappa shape index (κ2) is 9.59. The number of aliphatic carboxylic acids is 1. The number of carbonyl (C=O) groups is 4. The summed E-state index contributed by atoms with van der Waals surface area (Å²) in [5.74, 6) is -3.13. The topological polar surface area (TPSA) is 134 Å². The molecule has 10 nitrogen and oxygen atoms in total. The molecule has 3 N–H and O–H groups in total. The number of nitrogens with one attached hydrogen (secondary N) is 2. The van der Waals surface area contributed by atoms with Crippen LogP contribution in [-0.4, -0.2) is 60.5 Å². The molecule has 2 aromatic rings. The predicted octanol–water partition coefficient (Wildman–Crippen LogP) is 2.49. The zero-order chi connectivity index (χ0) is 27.4. The van der Waals surface area contributed by atoms with Crippen LogP contribution in [0.5, 0.6) is 11.5 Å². The number of fused-ring (bicyclic) bond motifs is 4. The molecule has 0 aromatic heterocycles. The van der Waals surface area contributed by atoms with Gasteiger partial charge in [-0.1, -0.05) is 23.7 Å². The Balaban J connectivity index is 1.50. The third kappa shape index (κ3) is 3.82. The number of nitrogens with zero attached hydrogens (tertiary/aromatic N) is 1.